The molecule has 27 heavy (non-hydrogen) atoms. The van der Waals surface area contributed by atoms with Gasteiger partial charge in [-0.25, -0.2) is 0 Å². The number of unbranched alkanes of at least 4 members (excludes halogenated alkanes) is 1. The first kappa shape index (κ1) is 19.4. The first-order valence-electron chi connectivity index (χ1n) is 9.78. The van der Waals surface area contributed by atoms with Crippen LogP contribution in [-0.2, 0) is 16.0 Å². The summed E-state index contributed by atoms with van der Waals surface area (Å²) >= 11 is 0. The number of nitrogens with zero attached hydrogens (tertiary/aromatic N) is 2. The minimum absolute atomic E-state index is 0.0155. The van der Waals surface area contributed by atoms with Gasteiger partial charge in [0.15, 0.2) is 0 Å². The number of anilines is 1. The fourth-order valence-corrected chi connectivity index (χ4v) is 3.47. The van der Waals surface area contributed by atoms with Gasteiger partial charge >= 0.3 is 0 Å². The molecule has 0 radical (unpaired) electrons. The zero-order valence-corrected chi connectivity index (χ0v) is 15.9. The van der Waals surface area contributed by atoms with E-state index in [1.807, 2.05) is 17.0 Å². The highest BCUT2D eigenvalue weighted by Gasteiger charge is 2.24. The summed E-state index contributed by atoms with van der Waals surface area (Å²) in [5, 5.41) is 5.77. The normalized spacial score (nSPS) is 17.2. The van der Waals surface area contributed by atoms with Gasteiger partial charge in [0.05, 0.1) is 6.54 Å². The molecule has 1 aromatic carbocycles. The van der Waals surface area contributed by atoms with Crippen molar-refractivity contribution in [3.8, 4) is 0 Å². The molecule has 0 bridgehead atoms. The molecule has 2 heterocycles. The lowest BCUT2D eigenvalue weighted by Gasteiger charge is -2.34. The van der Waals surface area contributed by atoms with Crippen LogP contribution in [0.4, 0.5) is 5.69 Å². The van der Waals surface area contributed by atoms with Crippen LogP contribution >= 0.6 is 0 Å². The van der Waals surface area contributed by atoms with E-state index in [-0.39, 0.29) is 17.7 Å². The first-order valence-corrected chi connectivity index (χ1v) is 9.78. The number of piperazine rings is 1. The summed E-state index contributed by atoms with van der Waals surface area (Å²) < 4.78 is 0. The van der Waals surface area contributed by atoms with Crippen molar-refractivity contribution in [2.75, 3.05) is 44.6 Å². The lowest BCUT2D eigenvalue weighted by molar-refractivity contribution is -0.122. The Morgan fingerprint density at radius 3 is 2.67 bits per heavy atom. The Balaban J connectivity index is 1.50. The SMILES string of the molecule is CCCCNC(=O)CN1CCN(C(=O)c2ccc3c(c2)CCC(=O)N3)CC1. The minimum atomic E-state index is 0.0155. The second-order valence-electron chi connectivity index (χ2n) is 7.19. The van der Waals surface area contributed by atoms with Crippen molar-refractivity contribution in [3.63, 3.8) is 0 Å². The number of benzene rings is 1. The van der Waals surface area contributed by atoms with E-state index < -0.39 is 0 Å². The van der Waals surface area contributed by atoms with Gasteiger partial charge < -0.3 is 15.5 Å². The van der Waals surface area contributed by atoms with E-state index in [4.69, 9.17) is 0 Å². The average molecular weight is 372 g/mol. The van der Waals surface area contributed by atoms with Crippen molar-refractivity contribution in [1.82, 2.24) is 15.1 Å². The van der Waals surface area contributed by atoms with Crippen molar-refractivity contribution in [3.05, 3.63) is 29.3 Å². The number of carbonyl (C=O) groups excluding carboxylic acids is 3. The highest BCUT2D eigenvalue weighted by atomic mass is 16.2. The van der Waals surface area contributed by atoms with Crippen LogP contribution in [0.25, 0.3) is 0 Å². The summed E-state index contributed by atoms with van der Waals surface area (Å²) in [5.74, 6) is 0.0955. The van der Waals surface area contributed by atoms with Crippen LogP contribution in [0.15, 0.2) is 18.2 Å². The highest BCUT2D eigenvalue weighted by molar-refractivity contribution is 5.98. The van der Waals surface area contributed by atoms with Crippen molar-refractivity contribution in [2.24, 2.45) is 0 Å². The lowest BCUT2D eigenvalue weighted by atomic mass is 10.00. The quantitative estimate of drug-likeness (QED) is 0.737. The molecule has 7 nitrogen and oxygen atoms in total. The summed E-state index contributed by atoms with van der Waals surface area (Å²) in [4.78, 5) is 40.1. The van der Waals surface area contributed by atoms with Crippen LogP contribution in [0.5, 0.6) is 0 Å². The van der Waals surface area contributed by atoms with Gasteiger partial charge in [-0.05, 0) is 36.6 Å². The summed E-state index contributed by atoms with van der Waals surface area (Å²) in [6.45, 7) is 5.86. The van der Waals surface area contributed by atoms with E-state index in [1.54, 1.807) is 6.07 Å². The van der Waals surface area contributed by atoms with E-state index in [9.17, 15) is 14.4 Å². The topological polar surface area (TPSA) is 81.8 Å². The number of fused-ring (bicyclic) bond motifs is 1. The standard InChI is InChI=1S/C20H28N4O3/c1-2-3-8-21-19(26)14-23-9-11-24(12-10-23)20(27)16-4-6-17-15(13-16)5-7-18(25)22-17/h4,6,13H,2-3,5,7-12,14H2,1H3,(H,21,26)(H,22,25). The fraction of sp³-hybridized carbons (Fsp3) is 0.550. The molecule has 1 saturated heterocycles. The Kier molecular flexibility index (Phi) is 6.45. The van der Waals surface area contributed by atoms with Crippen LogP contribution < -0.4 is 10.6 Å². The molecule has 2 N–H and O–H groups in total. The Labute approximate surface area is 160 Å². The molecule has 1 fully saturated rings. The van der Waals surface area contributed by atoms with E-state index in [1.165, 1.54) is 0 Å². The maximum absolute atomic E-state index is 12.8. The van der Waals surface area contributed by atoms with Crippen molar-refractivity contribution >= 4 is 23.4 Å². The van der Waals surface area contributed by atoms with E-state index in [0.29, 0.717) is 51.1 Å². The van der Waals surface area contributed by atoms with E-state index in [0.717, 1.165) is 30.6 Å². The Morgan fingerprint density at radius 2 is 1.93 bits per heavy atom. The number of carbonyl (C=O) groups is 3. The minimum Gasteiger partial charge on any atom is -0.355 e. The number of hydrogen-bond donors (Lipinski definition) is 2. The summed E-state index contributed by atoms with van der Waals surface area (Å²) in [6.07, 6.45) is 3.20. The molecule has 0 unspecified atom stereocenters. The van der Waals surface area contributed by atoms with Crippen molar-refractivity contribution < 1.29 is 14.4 Å². The predicted octanol–water partition coefficient (Wildman–Crippen LogP) is 1.25. The van der Waals surface area contributed by atoms with Gasteiger partial charge in [-0.15, -0.1) is 0 Å². The Morgan fingerprint density at radius 1 is 1.15 bits per heavy atom. The monoisotopic (exact) mass is 372 g/mol. The maximum atomic E-state index is 12.8. The van der Waals surface area contributed by atoms with Crippen LogP contribution in [0.1, 0.15) is 42.1 Å². The third kappa shape index (κ3) is 5.07. The van der Waals surface area contributed by atoms with Crippen LogP contribution in [0.2, 0.25) is 0 Å². The summed E-state index contributed by atoms with van der Waals surface area (Å²) in [7, 11) is 0. The molecule has 3 amide bonds. The maximum Gasteiger partial charge on any atom is 0.253 e. The molecule has 0 aromatic heterocycles. The largest absolute Gasteiger partial charge is 0.355 e. The third-order valence-corrected chi connectivity index (χ3v) is 5.13. The smallest absolute Gasteiger partial charge is 0.253 e. The molecule has 0 atom stereocenters. The lowest BCUT2D eigenvalue weighted by Crippen LogP contribution is -2.51. The molecule has 146 valence electrons. The zero-order chi connectivity index (χ0) is 19.2. The fourth-order valence-electron chi connectivity index (χ4n) is 3.47. The molecule has 7 heteroatoms. The molecule has 2 aliphatic heterocycles. The molecule has 0 spiro atoms. The second kappa shape index (κ2) is 8.99. The zero-order valence-electron chi connectivity index (χ0n) is 15.9. The van der Waals surface area contributed by atoms with Gasteiger partial charge in [0.1, 0.15) is 0 Å². The van der Waals surface area contributed by atoms with E-state index >= 15 is 0 Å². The molecule has 2 aliphatic rings. The van der Waals surface area contributed by atoms with Crippen molar-refractivity contribution in [2.45, 2.75) is 32.6 Å². The van der Waals surface area contributed by atoms with Gasteiger partial charge in [-0.2, -0.15) is 0 Å². The summed E-state index contributed by atoms with van der Waals surface area (Å²) in [5.41, 5.74) is 2.49. The molecule has 0 saturated carbocycles. The second-order valence-corrected chi connectivity index (χ2v) is 7.19. The summed E-state index contributed by atoms with van der Waals surface area (Å²) in [6, 6.07) is 5.49. The predicted molar refractivity (Wildman–Crippen MR) is 104 cm³/mol. The van der Waals surface area contributed by atoms with Crippen LogP contribution in [-0.4, -0.2) is 66.8 Å². The van der Waals surface area contributed by atoms with Crippen LogP contribution in [0.3, 0.4) is 0 Å². The first-order chi connectivity index (χ1) is 13.1. The Hall–Kier alpha value is -2.41. The van der Waals surface area contributed by atoms with Crippen LogP contribution in [0, 0.1) is 0 Å². The molecule has 3 rings (SSSR count). The number of aryl methyl sites for hydroxylation is 1. The van der Waals surface area contributed by atoms with Crippen molar-refractivity contribution in [1.29, 1.82) is 0 Å². The van der Waals surface area contributed by atoms with E-state index in [2.05, 4.69) is 22.5 Å². The van der Waals surface area contributed by atoms with Gasteiger partial charge in [-0.1, -0.05) is 13.3 Å². The number of hydrogen-bond acceptors (Lipinski definition) is 4. The average Bonchev–Trinajstić information content (AvgIpc) is 2.68. The number of nitrogens with one attached hydrogen (secondary N) is 2. The highest BCUT2D eigenvalue weighted by Crippen LogP contribution is 2.24. The number of rotatable bonds is 6. The Bertz CT molecular complexity index is 711. The van der Waals surface area contributed by atoms with Gasteiger partial charge in [0, 0.05) is 50.4 Å². The number of amides is 3. The third-order valence-electron chi connectivity index (χ3n) is 5.13. The van der Waals surface area contributed by atoms with Gasteiger partial charge in [0.25, 0.3) is 5.91 Å². The molecular weight excluding hydrogens is 344 g/mol. The van der Waals surface area contributed by atoms with Gasteiger partial charge in [-0.3, -0.25) is 19.3 Å². The molecular formula is C20H28N4O3. The molecule has 0 aliphatic carbocycles. The molecule has 1 aromatic rings. The van der Waals surface area contributed by atoms with Gasteiger partial charge in [0.2, 0.25) is 11.8 Å².